The summed E-state index contributed by atoms with van der Waals surface area (Å²) in [6.07, 6.45) is 0.247. The number of benzene rings is 1. The van der Waals surface area contributed by atoms with Gasteiger partial charge >= 0.3 is 0 Å². The number of nitrogens with one attached hydrogen (secondary N) is 1. The minimum atomic E-state index is -1.34. The Morgan fingerprint density at radius 3 is 2.43 bits per heavy atom. The normalized spacial score (nSPS) is 11.7. The van der Waals surface area contributed by atoms with E-state index in [2.05, 4.69) is 10.3 Å². The van der Waals surface area contributed by atoms with Crippen LogP contribution in [-0.4, -0.2) is 23.0 Å². The molecule has 2 aromatic rings. The first kappa shape index (κ1) is 17.2. The number of carbonyl (C=O) groups is 2. The quantitative estimate of drug-likeness (QED) is 0.777. The zero-order chi connectivity index (χ0) is 16.8. The number of nitrogens with zero attached hydrogens (tertiary/aromatic N) is 1. The van der Waals surface area contributed by atoms with Gasteiger partial charge in [0.15, 0.2) is 0 Å². The van der Waals surface area contributed by atoms with Crippen molar-refractivity contribution >= 4 is 35.0 Å². The van der Waals surface area contributed by atoms with Crippen LogP contribution in [0.15, 0.2) is 42.6 Å². The van der Waals surface area contributed by atoms with Crippen molar-refractivity contribution in [2.24, 2.45) is 5.73 Å². The minimum absolute atomic E-state index is 0.00494. The fourth-order valence-electron chi connectivity index (χ4n) is 1.75. The number of amides is 2. The van der Waals surface area contributed by atoms with Gasteiger partial charge in [0.2, 0.25) is 6.23 Å². The first-order chi connectivity index (χ1) is 11.0. The standard InChI is InChI=1S/C15H13Cl2N3O3/c16-10-5-3-6-11(17)12(10)14(22)20-15(13(18)21)23-8-9-4-1-2-7-19-9/h1-7,15H,8H2,(H2,18,21)(H,20,22). The third-order valence-electron chi connectivity index (χ3n) is 2.83. The Morgan fingerprint density at radius 1 is 1.17 bits per heavy atom. The van der Waals surface area contributed by atoms with Crippen LogP contribution in [-0.2, 0) is 16.1 Å². The number of primary amides is 1. The molecule has 2 amide bonds. The Bertz CT molecular complexity index is 690. The van der Waals surface area contributed by atoms with Gasteiger partial charge in [-0.25, -0.2) is 0 Å². The van der Waals surface area contributed by atoms with Crippen molar-refractivity contribution in [2.45, 2.75) is 12.8 Å². The monoisotopic (exact) mass is 353 g/mol. The summed E-state index contributed by atoms with van der Waals surface area (Å²) in [7, 11) is 0. The molecule has 2 rings (SSSR count). The topological polar surface area (TPSA) is 94.3 Å². The summed E-state index contributed by atoms with van der Waals surface area (Å²) in [5.74, 6) is -1.51. The summed E-state index contributed by atoms with van der Waals surface area (Å²) < 4.78 is 5.31. The van der Waals surface area contributed by atoms with Crippen molar-refractivity contribution in [3.05, 3.63) is 63.9 Å². The Hall–Kier alpha value is -2.15. The lowest BCUT2D eigenvalue weighted by atomic mass is 10.2. The number of halogens is 2. The van der Waals surface area contributed by atoms with Gasteiger partial charge < -0.3 is 15.8 Å². The van der Waals surface area contributed by atoms with E-state index in [0.29, 0.717) is 5.69 Å². The third kappa shape index (κ3) is 4.66. The van der Waals surface area contributed by atoms with E-state index >= 15 is 0 Å². The highest BCUT2D eigenvalue weighted by Crippen LogP contribution is 2.24. The molecule has 8 heteroatoms. The molecule has 1 unspecified atom stereocenters. The van der Waals surface area contributed by atoms with Crippen molar-refractivity contribution in [1.29, 1.82) is 0 Å². The van der Waals surface area contributed by atoms with E-state index in [1.54, 1.807) is 30.5 Å². The van der Waals surface area contributed by atoms with Crippen LogP contribution in [0.1, 0.15) is 16.1 Å². The van der Waals surface area contributed by atoms with Gasteiger partial charge in [-0.05, 0) is 24.3 Å². The molecule has 0 bridgehead atoms. The maximum absolute atomic E-state index is 12.2. The van der Waals surface area contributed by atoms with Gasteiger partial charge in [-0.2, -0.15) is 0 Å². The van der Waals surface area contributed by atoms with Gasteiger partial charge in [0.25, 0.3) is 11.8 Å². The Kier molecular flexibility index (Phi) is 5.92. The van der Waals surface area contributed by atoms with Crippen molar-refractivity contribution in [3.63, 3.8) is 0 Å². The lowest BCUT2D eigenvalue weighted by Gasteiger charge is -2.17. The molecule has 0 radical (unpaired) electrons. The Labute approximate surface area is 142 Å². The number of hydrogen-bond donors (Lipinski definition) is 2. The average Bonchev–Trinajstić information content (AvgIpc) is 2.52. The number of rotatable bonds is 6. The largest absolute Gasteiger partial charge is 0.366 e. The molecular formula is C15H13Cl2N3O3. The second-order valence-corrected chi connectivity index (χ2v) is 5.30. The van der Waals surface area contributed by atoms with Crippen molar-refractivity contribution in [3.8, 4) is 0 Å². The van der Waals surface area contributed by atoms with Crippen LogP contribution in [0, 0.1) is 0 Å². The molecular weight excluding hydrogens is 341 g/mol. The number of pyridine rings is 1. The van der Waals surface area contributed by atoms with E-state index in [0.717, 1.165) is 0 Å². The predicted molar refractivity (Wildman–Crippen MR) is 85.9 cm³/mol. The zero-order valence-corrected chi connectivity index (χ0v) is 13.3. The molecule has 0 aliphatic carbocycles. The smallest absolute Gasteiger partial charge is 0.267 e. The van der Waals surface area contributed by atoms with Crippen molar-refractivity contribution in [2.75, 3.05) is 0 Å². The molecule has 1 heterocycles. The van der Waals surface area contributed by atoms with E-state index in [4.69, 9.17) is 33.7 Å². The molecule has 1 aromatic carbocycles. The maximum atomic E-state index is 12.2. The van der Waals surface area contributed by atoms with Crippen LogP contribution < -0.4 is 11.1 Å². The zero-order valence-electron chi connectivity index (χ0n) is 11.8. The maximum Gasteiger partial charge on any atom is 0.267 e. The van der Waals surface area contributed by atoms with Crippen LogP contribution in [0.5, 0.6) is 0 Å². The molecule has 0 saturated heterocycles. The summed E-state index contributed by atoms with van der Waals surface area (Å²) >= 11 is 11.9. The fourth-order valence-corrected chi connectivity index (χ4v) is 2.32. The summed E-state index contributed by atoms with van der Waals surface area (Å²) in [6, 6.07) is 9.85. The third-order valence-corrected chi connectivity index (χ3v) is 3.46. The summed E-state index contributed by atoms with van der Waals surface area (Å²) in [4.78, 5) is 27.7. The van der Waals surface area contributed by atoms with Gasteiger partial charge in [-0.3, -0.25) is 14.6 Å². The Balaban J connectivity index is 2.07. The first-order valence-electron chi connectivity index (χ1n) is 6.54. The number of carbonyl (C=O) groups excluding carboxylic acids is 2. The second-order valence-electron chi connectivity index (χ2n) is 4.48. The molecule has 0 aliphatic heterocycles. The highest BCUT2D eigenvalue weighted by Gasteiger charge is 2.22. The average molecular weight is 354 g/mol. The van der Waals surface area contributed by atoms with Crippen LogP contribution in [0.4, 0.5) is 0 Å². The highest BCUT2D eigenvalue weighted by molar-refractivity contribution is 6.39. The molecule has 0 fully saturated rings. The second kappa shape index (κ2) is 7.92. The molecule has 120 valence electrons. The lowest BCUT2D eigenvalue weighted by molar-refractivity contribution is -0.131. The summed E-state index contributed by atoms with van der Waals surface area (Å²) in [5, 5.41) is 2.66. The van der Waals surface area contributed by atoms with Crippen molar-refractivity contribution < 1.29 is 14.3 Å². The Morgan fingerprint density at radius 2 is 1.87 bits per heavy atom. The molecule has 3 N–H and O–H groups in total. The number of aromatic nitrogens is 1. The molecule has 6 nitrogen and oxygen atoms in total. The van der Waals surface area contributed by atoms with E-state index in [1.165, 1.54) is 12.1 Å². The van der Waals surface area contributed by atoms with Gasteiger partial charge in [0.1, 0.15) is 0 Å². The van der Waals surface area contributed by atoms with Crippen LogP contribution >= 0.6 is 23.2 Å². The molecule has 0 aliphatic rings. The van der Waals surface area contributed by atoms with Gasteiger partial charge in [-0.1, -0.05) is 35.3 Å². The fraction of sp³-hybridized carbons (Fsp3) is 0.133. The minimum Gasteiger partial charge on any atom is -0.366 e. The number of hydrogen-bond acceptors (Lipinski definition) is 4. The van der Waals surface area contributed by atoms with Gasteiger partial charge in [0, 0.05) is 6.20 Å². The van der Waals surface area contributed by atoms with Gasteiger partial charge in [-0.15, -0.1) is 0 Å². The molecule has 0 saturated carbocycles. The SMILES string of the molecule is NC(=O)C(NC(=O)c1c(Cl)cccc1Cl)OCc1ccccn1. The molecule has 0 spiro atoms. The van der Waals surface area contributed by atoms with E-state index < -0.39 is 18.0 Å². The summed E-state index contributed by atoms with van der Waals surface area (Å²) in [5.41, 5.74) is 5.87. The number of nitrogens with two attached hydrogens (primary N) is 1. The molecule has 23 heavy (non-hydrogen) atoms. The van der Waals surface area contributed by atoms with Crippen molar-refractivity contribution in [1.82, 2.24) is 10.3 Å². The predicted octanol–water partition coefficient (Wildman–Crippen LogP) is 2.15. The van der Waals surface area contributed by atoms with Crippen LogP contribution in [0.3, 0.4) is 0 Å². The van der Waals surface area contributed by atoms with E-state index in [1.807, 2.05) is 0 Å². The number of ether oxygens (including phenoxy) is 1. The highest BCUT2D eigenvalue weighted by atomic mass is 35.5. The van der Waals surface area contributed by atoms with E-state index in [9.17, 15) is 9.59 Å². The molecule has 1 aromatic heterocycles. The van der Waals surface area contributed by atoms with Crippen LogP contribution in [0.2, 0.25) is 10.0 Å². The van der Waals surface area contributed by atoms with Crippen LogP contribution in [0.25, 0.3) is 0 Å². The first-order valence-corrected chi connectivity index (χ1v) is 7.30. The molecule has 1 atom stereocenters. The lowest BCUT2D eigenvalue weighted by Crippen LogP contribution is -2.46. The van der Waals surface area contributed by atoms with Gasteiger partial charge in [0.05, 0.1) is 27.9 Å². The van der Waals surface area contributed by atoms with E-state index in [-0.39, 0.29) is 22.2 Å². The summed E-state index contributed by atoms with van der Waals surface area (Å²) in [6.45, 7) is 0.00494.